The standard InChI is InChI=1S/C25H19N3OS/c29-24(26-20-15-14-18-8-4-5-9-19(18)16-20)17-30-25-27-22-12-6-7-13-23(22)28(25)21-10-2-1-3-11-21/h1-16H,17H2,(H,26,29). The van der Waals surface area contributed by atoms with Crippen molar-refractivity contribution in [3.05, 3.63) is 97.1 Å². The van der Waals surface area contributed by atoms with Crippen molar-refractivity contribution in [2.45, 2.75) is 5.16 Å². The topological polar surface area (TPSA) is 46.9 Å². The minimum atomic E-state index is -0.0538. The molecule has 0 spiro atoms. The molecular formula is C25H19N3OS. The summed E-state index contributed by atoms with van der Waals surface area (Å²) in [4.78, 5) is 17.4. The van der Waals surface area contributed by atoms with Crippen LogP contribution in [0.15, 0.2) is 102 Å². The zero-order chi connectivity index (χ0) is 20.3. The molecule has 0 unspecified atom stereocenters. The number of nitrogens with one attached hydrogen (secondary N) is 1. The van der Waals surface area contributed by atoms with Gasteiger partial charge in [0, 0.05) is 11.4 Å². The van der Waals surface area contributed by atoms with Crippen molar-refractivity contribution in [3.8, 4) is 5.69 Å². The Labute approximate surface area is 178 Å². The first-order valence-corrected chi connectivity index (χ1v) is 10.7. The van der Waals surface area contributed by atoms with E-state index in [0.717, 1.165) is 38.3 Å². The lowest BCUT2D eigenvalue weighted by Crippen LogP contribution is -2.14. The molecule has 4 aromatic carbocycles. The van der Waals surface area contributed by atoms with Gasteiger partial charge in [-0.15, -0.1) is 0 Å². The van der Waals surface area contributed by atoms with Crippen LogP contribution in [0.5, 0.6) is 0 Å². The van der Waals surface area contributed by atoms with E-state index in [1.54, 1.807) is 0 Å². The molecule has 1 heterocycles. The normalized spacial score (nSPS) is 11.1. The fourth-order valence-corrected chi connectivity index (χ4v) is 4.35. The summed E-state index contributed by atoms with van der Waals surface area (Å²) in [6, 6.07) is 32.2. The van der Waals surface area contributed by atoms with Gasteiger partial charge in [0.15, 0.2) is 5.16 Å². The third kappa shape index (κ3) is 3.67. The summed E-state index contributed by atoms with van der Waals surface area (Å²) in [6.45, 7) is 0. The second-order valence-corrected chi connectivity index (χ2v) is 7.90. The van der Waals surface area contributed by atoms with Gasteiger partial charge in [-0.05, 0) is 47.2 Å². The van der Waals surface area contributed by atoms with E-state index >= 15 is 0 Å². The number of carbonyl (C=O) groups excluding carboxylic acids is 1. The highest BCUT2D eigenvalue weighted by atomic mass is 32.2. The predicted octanol–water partition coefficient (Wildman–Crippen LogP) is 5.91. The number of aromatic nitrogens is 2. The highest BCUT2D eigenvalue weighted by Gasteiger charge is 2.14. The molecule has 0 saturated carbocycles. The summed E-state index contributed by atoms with van der Waals surface area (Å²) >= 11 is 1.44. The quantitative estimate of drug-likeness (QED) is 0.367. The molecule has 4 nitrogen and oxygen atoms in total. The lowest BCUT2D eigenvalue weighted by atomic mass is 10.1. The zero-order valence-corrected chi connectivity index (χ0v) is 17.0. The molecule has 0 aliphatic heterocycles. The molecule has 5 aromatic rings. The van der Waals surface area contributed by atoms with Gasteiger partial charge in [-0.2, -0.15) is 0 Å². The second kappa shape index (κ2) is 8.05. The highest BCUT2D eigenvalue weighted by molar-refractivity contribution is 7.99. The molecule has 0 saturated heterocycles. The number of para-hydroxylation sites is 3. The molecule has 5 heteroatoms. The maximum Gasteiger partial charge on any atom is 0.234 e. The molecule has 0 atom stereocenters. The maximum atomic E-state index is 12.6. The molecular weight excluding hydrogens is 390 g/mol. The van der Waals surface area contributed by atoms with E-state index in [1.165, 1.54) is 11.8 Å². The van der Waals surface area contributed by atoms with Crippen LogP contribution in [0.1, 0.15) is 0 Å². The number of rotatable bonds is 5. The average molecular weight is 410 g/mol. The molecule has 0 aliphatic rings. The predicted molar refractivity (Wildman–Crippen MR) is 124 cm³/mol. The molecule has 1 N–H and O–H groups in total. The lowest BCUT2D eigenvalue weighted by Gasteiger charge is -2.09. The molecule has 146 valence electrons. The Bertz CT molecular complexity index is 1340. The minimum absolute atomic E-state index is 0.0538. The van der Waals surface area contributed by atoms with Gasteiger partial charge in [0.25, 0.3) is 0 Å². The van der Waals surface area contributed by atoms with Crippen LogP contribution in [0.25, 0.3) is 27.5 Å². The lowest BCUT2D eigenvalue weighted by molar-refractivity contribution is -0.113. The largest absolute Gasteiger partial charge is 0.325 e. The van der Waals surface area contributed by atoms with Crippen LogP contribution in [0.2, 0.25) is 0 Å². The number of imidazole rings is 1. The number of carbonyl (C=O) groups is 1. The van der Waals surface area contributed by atoms with E-state index in [4.69, 9.17) is 4.98 Å². The van der Waals surface area contributed by atoms with Gasteiger partial charge in [-0.25, -0.2) is 4.98 Å². The Morgan fingerprint density at radius 1 is 0.833 bits per heavy atom. The molecule has 0 bridgehead atoms. The molecule has 0 radical (unpaired) electrons. The van der Waals surface area contributed by atoms with Crippen molar-refractivity contribution in [1.29, 1.82) is 0 Å². The van der Waals surface area contributed by atoms with Crippen molar-refractivity contribution < 1.29 is 4.79 Å². The number of thioether (sulfide) groups is 1. The van der Waals surface area contributed by atoms with Crippen LogP contribution < -0.4 is 5.32 Å². The smallest absolute Gasteiger partial charge is 0.234 e. The van der Waals surface area contributed by atoms with Crippen LogP contribution in [-0.2, 0) is 4.79 Å². The number of anilines is 1. The zero-order valence-electron chi connectivity index (χ0n) is 16.2. The average Bonchev–Trinajstić information content (AvgIpc) is 3.17. The Morgan fingerprint density at radius 3 is 2.43 bits per heavy atom. The van der Waals surface area contributed by atoms with Gasteiger partial charge >= 0.3 is 0 Å². The van der Waals surface area contributed by atoms with Crippen LogP contribution >= 0.6 is 11.8 Å². The first kappa shape index (κ1) is 18.5. The summed E-state index contributed by atoms with van der Waals surface area (Å²) in [5.41, 5.74) is 3.78. The number of amides is 1. The van der Waals surface area contributed by atoms with Gasteiger partial charge in [0.1, 0.15) is 0 Å². The second-order valence-electron chi connectivity index (χ2n) is 6.95. The molecule has 5 rings (SSSR count). The van der Waals surface area contributed by atoms with Gasteiger partial charge in [0.2, 0.25) is 5.91 Å². The van der Waals surface area contributed by atoms with Gasteiger partial charge in [-0.3, -0.25) is 9.36 Å². The summed E-state index contributed by atoms with van der Waals surface area (Å²) in [6.07, 6.45) is 0. The first-order valence-electron chi connectivity index (χ1n) is 9.72. The summed E-state index contributed by atoms with van der Waals surface area (Å²) in [5, 5.41) is 6.06. The van der Waals surface area contributed by atoms with Crippen LogP contribution in [0, 0.1) is 0 Å². The third-order valence-electron chi connectivity index (χ3n) is 4.91. The Kier molecular flexibility index (Phi) is 4.95. The van der Waals surface area contributed by atoms with Crippen LogP contribution in [-0.4, -0.2) is 21.2 Å². The monoisotopic (exact) mass is 409 g/mol. The molecule has 0 fully saturated rings. The molecule has 1 amide bonds. The Balaban J connectivity index is 1.37. The van der Waals surface area contributed by atoms with Gasteiger partial charge in [-0.1, -0.05) is 72.4 Å². The SMILES string of the molecule is O=C(CSc1nc2ccccc2n1-c1ccccc1)Nc1ccc2ccccc2c1. The number of fused-ring (bicyclic) bond motifs is 2. The fraction of sp³-hybridized carbons (Fsp3) is 0.0400. The molecule has 30 heavy (non-hydrogen) atoms. The fourth-order valence-electron chi connectivity index (χ4n) is 3.52. The number of hydrogen-bond acceptors (Lipinski definition) is 3. The van der Waals surface area contributed by atoms with Crippen LogP contribution in [0.4, 0.5) is 5.69 Å². The maximum absolute atomic E-state index is 12.6. The van der Waals surface area contributed by atoms with E-state index in [-0.39, 0.29) is 11.7 Å². The number of benzene rings is 4. The van der Waals surface area contributed by atoms with Gasteiger partial charge < -0.3 is 5.32 Å². The third-order valence-corrected chi connectivity index (χ3v) is 5.85. The Morgan fingerprint density at radius 2 is 1.57 bits per heavy atom. The number of hydrogen-bond donors (Lipinski definition) is 1. The first-order chi connectivity index (χ1) is 14.8. The molecule has 1 aromatic heterocycles. The Hall–Kier alpha value is -3.57. The summed E-state index contributed by atoms with van der Waals surface area (Å²) in [5.74, 6) is 0.227. The highest BCUT2D eigenvalue weighted by Crippen LogP contribution is 2.28. The van der Waals surface area contributed by atoms with Crippen molar-refractivity contribution in [3.63, 3.8) is 0 Å². The molecule has 0 aliphatic carbocycles. The van der Waals surface area contributed by atoms with Crippen molar-refractivity contribution in [2.24, 2.45) is 0 Å². The van der Waals surface area contributed by atoms with Crippen LogP contribution in [0.3, 0.4) is 0 Å². The summed E-state index contributed by atoms with van der Waals surface area (Å²) in [7, 11) is 0. The van der Waals surface area contributed by atoms with E-state index in [2.05, 4.69) is 22.0 Å². The van der Waals surface area contributed by atoms with E-state index in [9.17, 15) is 4.79 Å². The van der Waals surface area contributed by atoms with E-state index in [0.29, 0.717) is 0 Å². The van der Waals surface area contributed by atoms with E-state index < -0.39 is 0 Å². The van der Waals surface area contributed by atoms with Crippen molar-refractivity contribution >= 4 is 45.2 Å². The van der Waals surface area contributed by atoms with Gasteiger partial charge in [0.05, 0.1) is 16.8 Å². The minimum Gasteiger partial charge on any atom is -0.325 e. The van der Waals surface area contributed by atoms with Crippen molar-refractivity contribution in [1.82, 2.24) is 9.55 Å². The van der Waals surface area contributed by atoms with Crippen molar-refractivity contribution in [2.75, 3.05) is 11.1 Å². The summed E-state index contributed by atoms with van der Waals surface area (Å²) < 4.78 is 2.10. The number of nitrogens with zero attached hydrogens (tertiary/aromatic N) is 2. The van der Waals surface area contributed by atoms with E-state index in [1.807, 2.05) is 84.9 Å².